The predicted octanol–water partition coefficient (Wildman–Crippen LogP) is 3.26. The Morgan fingerprint density at radius 1 is 1.12 bits per heavy atom. The van der Waals surface area contributed by atoms with Gasteiger partial charge in [0.05, 0.1) is 0 Å². The summed E-state index contributed by atoms with van der Waals surface area (Å²) in [6.07, 6.45) is 3.88. The minimum atomic E-state index is 0.151. The first-order chi connectivity index (χ1) is 7.83. The maximum atomic E-state index is 11.5. The third kappa shape index (κ3) is 5.91. The smallest absolute Gasteiger partial charge is 0.220 e. The van der Waals surface area contributed by atoms with Gasteiger partial charge in [0, 0.05) is 18.3 Å². The van der Waals surface area contributed by atoms with Crippen LogP contribution in [0, 0.1) is 0 Å². The van der Waals surface area contributed by atoms with E-state index < -0.39 is 0 Å². The molecule has 1 rings (SSSR count). The number of amides is 1. The van der Waals surface area contributed by atoms with Gasteiger partial charge in [0.25, 0.3) is 0 Å². The van der Waals surface area contributed by atoms with Crippen LogP contribution in [-0.4, -0.2) is 11.2 Å². The SMILES string of the molecule is O=C(CCCCCBr)NCc1ccccc1. The molecule has 0 bridgehead atoms. The molecule has 0 aliphatic carbocycles. The van der Waals surface area contributed by atoms with Gasteiger partial charge in [-0.15, -0.1) is 0 Å². The summed E-state index contributed by atoms with van der Waals surface area (Å²) in [5, 5.41) is 3.95. The van der Waals surface area contributed by atoms with Crippen molar-refractivity contribution in [2.45, 2.75) is 32.2 Å². The predicted molar refractivity (Wildman–Crippen MR) is 70.6 cm³/mol. The number of carbonyl (C=O) groups is 1. The van der Waals surface area contributed by atoms with E-state index in [1.807, 2.05) is 30.3 Å². The van der Waals surface area contributed by atoms with Crippen LogP contribution in [0.3, 0.4) is 0 Å². The van der Waals surface area contributed by atoms with Gasteiger partial charge in [0.2, 0.25) is 5.91 Å². The fourth-order valence-electron chi connectivity index (χ4n) is 1.44. The summed E-state index contributed by atoms with van der Waals surface area (Å²) in [7, 11) is 0. The van der Waals surface area contributed by atoms with Crippen molar-refractivity contribution < 1.29 is 4.79 Å². The van der Waals surface area contributed by atoms with Gasteiger partial charge >= 0.3 is 0 Å². The van der Waals surface area contributed by atoms with Gasteiger partial charge in [0.1, 0.15) is 0 Å². The second-order valence-electron chi connectivity index (χ2n) is 3.76. The van der Waals surface area contributed by atoms with Gasteiger partial charge in [-0.3, -0.25) is 4.79 Å². The second kappa shape index (κ2) is 8.34. The van der Waals surface area contributed by atoms with Crippen LogP contribution < -0.4 is 5.32 Å². The van der Waals surface area contributed by atoms with Gasteiger partial charge < -0.3 is 5.32 Å². The van der Waals surface area contributed by atoms with E-state index in [-0.39, 0.29) is 5.91 Å². The van der Waals surface area contributed by atoms with E-state index in [1.165, 1.54) is 0 Å². The molecule has 88 valence electrons. The molecule has 0 spiro atoms. The summed E-state index contributed by atoms with van der Waals surface area (Å²) < 4.78 is 0. The van der Waals surface area contributed by atoms with Crippen LogP contribution in [0.5, 0.6) is 0 Å². The number of carbonyl (C=O) groups excluding carboxylic acids is 1. The summed E-state index contributed by atoms with van der Waals surface area (Å²) >= 11 is 3.38. The number of rotatable bonds is 7. The topological polar surface area (TPSA) is 29.1 Å². The van der Waals surface area contributed by atoms with Gasteiger partial charge in [-0.2, -0.15) is 0 Å². The van der Waals surface area contributed by atoms with E-state index in [1.54, 1.807) is 0 Å². The molecule has 1 amide bonds. The molecular weight excluding hydrogens is 266 g/mol. The van der Waals surface area contributed by atoms with E-state index in [9.17, 15) is 4.79 Å². The molecule has 1 aromatic carbocycles. The Morgan fingerprint density at radius 3 is 2.56 bits per heavy atom. The minimum absolute atomic E-state index is 0.151. The molecule has 0 aliphatic rings. The quantitative estimate of drug-likeness (QED) is 0.604. The van der Waals surface area contributed by atoms with E-state index in [0.717, 1.165) is 30.2 Å². The van der Waals surface area contributed by atoms with Crippen molar-refractivity contribution in [2.75, 3.05) is 5.33 Å². The fourth-order valence-corrected chi connectivity index (χ4v) is 1.84. The minimum Gasteiger partial charge on any atom is -0.352 e. The van der Waals surface area contributed by atoms with Gasteiger partial charge in [0.15, 0.2) is 0 Å². The molecule has 0 atom stereocenters. The van der Waals surface area contributed by atoms with Crippen LogP contribution in [-0.2, 0) is 11.3 Å². The molecule has 0 heterocycles. The number of halogens is 1. The summed E-state index contributed by atoms with van der Waals surface area (Å²) in [5.41, 5.74) is 1.15. The highest BCUT2D eigenvalue weighted by Crippen LogP contribution is 2.02. The zero-order valence-electron chi connectivity index (χ0n) is 9.42. The largest absolute Gasteiger partial charge is 0.352 e. The molecule has 0 aromatic heterocycles. The fraction of sp³-hybridized carbons (Fsp3) is 0.462. The van der Waals surface area contributed by atoms with Crippen LogP contribution >= 0.6 is 15.9 Å². The lowest BCUT2D eigenvalue weighted by molar-refractivity contribution is -0.121. The maximum absolute atomic E-state index is 11.5. The first-order valence-electron chi connectivity index (χ1n) is 5.69. The highest BCUT2D eigenvalue weighted by atomic mass is 79.9. The molecule has 1 N–H and O–H groups in total. The molecule has 1 aromatic rings. The summed E-state index contributed by atoms with van der Waals surface area (Å²) in [5.74, 6) is 0.151. The summed E-state index contributed by atoms with van der Waals surface area (Å²) in [6, 6.07) is 9.98. The molecule has 3 heteroatoms. The first-order valence-corrected chi connectivity index (χ1v) is 6.81. The third-order valence-electron chi connectivity index (χ3n) is 2.37. The number of alkyl halides is 1. The van der Waals surface area contributed by atoms with E-state index in [4.69, 9.17) is 0 Å². The third-order valence-corrected chi connectivity index (χ3v) is 2.93. The zero-order chi connectivity index (χ0) is 11.6. The number of hydrogen-bond acceptors (Lipinski definition) is 1. The maximum Gasteiger partial charge on any atom is 0.220 e. The Hall–Kier alpha value is -0.830. The van der Waals surface area contributed by atoms with E-state index in [0.29, 0.717) is 13.0 Å². The zero-order valence-corrected chi connectivity index (χ0v) is 11.0. The van der Waals surface area contributed by atoms with Gasteiger partial charge in [-0.1, -0.05) is 52.7 Å². The van der Waals surface area contributed by atoms with Gasteiger partial charge in [-0.25, -0.2) is 0 Å². The normalized spacial score (nSPS) is 10.1. The summed E-state index contributed by atoms with van der Waals surface area (Å²) in [6.45, 7) is 0.637. The standard InChI is InChI=1S/C13H18BrNO/c14-10-6-2-5-9-13(16)15-11-12-7-3-1-4-8-12/h1,3-4,7-8H,2,5-6,9-11H2,(H,15,16). The first kappa shape index (κ1) is 13.2. The van der Waals surface area contributed by atoms with Crippen LogP contribution in [0.25, 0.3) is 0 Å². The summed E-state index contributed by atoms with van der Waals surface area (Å²) in [4.78, 5) is 11.5. The lowest BCUT2D eigenvalue weighted by atomic mass is 10.2. The molecular formula is C13H18BrNO. The van der Waals surface area contributed by atoms with Crippen molar-refractivity contribution in [3.8, 4) is 0 Å². The Labute approximate surface area is 106 Å². The van der Waals surface area contributed by atoms with Crippen molar-refractivity contribution in [1.29, 1.82) is 0 Å². The van der Waals surface area contributed by atoms with Crippen molar-refractivity contribution in [3.05, 3.63) is 35.9 Å². The molecule has 0 saturated heterocycles. The number of hydrogen-bond donors (Lipinski definition) is 1. The van der Waals surface area contributed by atoms with Gasteiger partial charge in [-0.05, 0) is 18.4 Å². The lowest BCUT2D eigenvalue weighted by Crippen LogP contribution is -2.22. The molecule has 16 heavy (non-hydrogen) atoms. The van der Waals surface area contributed by atoms with E-state index >= 15 is 0 Å². The Kier molecular flexibility index (Phi) is 6.90. The van der Waals surface area contributed by atoms with Crippen LogP contribution in [0.2, 0.25) is 0 Å². The monoisotopic (exact) mass is 283 g/mol. The Bertz CT molecular complexity index is 300. The Balaban J connectivity index is 2.11. The Morgan fingerprint density at radius 2 is 1.88 bits per heavy atom. The number of nitrogens with one attached hydrogen (secondary N) is 1. The van der Waals surface area contributed by atoms with Crippen LogP contribution in [0.15, 0.2) is 30.3 Å². The van der Waals surface area contributed by atoms with Crippen molar-refractivity contribution >= 4 is 21.8 Å². The highest BCUT2D eigenvalue weighted by molar-refractivity contribution is 9.09. The number of unbranched alkanes of at least 4 members (excludes halogenated alkanes) is 2. The molecule has 0 unspecified atom stereocenters. The van der Waals surface area contributed by atoms with Crippen molar-refractivity contribution in [2.24, 2.45) is 0 Å². The van der Waals surface area contributed by atoms with Crippen molar-refractivity contribution in [1.82, 2.24) is 5.32 Å². The second-order valence-corrected chi connectivity index (χ2v) is 4.55. The van der Waals surface area contributed by atoms with E-state index in [2.05, 4.69) is 21.2 Å². The van der Waals surface area contributed by atoms with Crippen LogP contribution in [0.4, 0.5) is 0 Å². The van der Waals surface area contributed by atoms with Crippen molar-refractivity contribution in [3.63, 3.8) is 0 Å². The molecule has 0 aliphatic heterocycles. The number of benzene rings is 1. The lowest BCUT2D eigenvalue weighted by Gasteiger charge is -2.04. The molecule has 0 fully saturated rings. The molecule has 0 radical (unpaired) electrons. The molecule has 2 nitrogen and oxygen atoms in total. The van der Waals surface area contributed by atoms with Crippen LogP contribution in [0.1, 0.15) is 31.2 Å². The average Bonchev–Trinajstić information content (AvgIpc) is 2.33. The average molecular weight is 284 g/mol. The highest BCUT2D eigenvalue weighted by Gasteiger charge is 2.00. The molecule has 0 saturated carbocycles.